The fourth-order valence-electron chi connectivity index (χ4n) is 2.71. The molecule has 0 spiro atoms. The molecule has 26 heavy (non-hydrogen) atoms. The lowest BCUT2D eigenvalue weighted by molar-refractivity contribution is -0.123. The lowest BCUT2D eigenvalue weighted by Crippen LogP contribution is -2.24. The molecule has 0 saturated carbocycles. The van der Waals surface area contributed by atoms with Crippen LogP contribution in [0.15, 0.2) is 59.7 Å². The van der Waals surface area contributed by atoms with E-state index in [0.717, 1.165) is 27.5 Å². The third-order valence-corrected chi connectivity index (χ3v) is 4.59. The number of hydrogen-bond acceptors (Lipinski definition) is 3. The van der Waals surface area contributed by atoms with Crippen molar-refractivity contribution in [2.45, 2.75) is 13.8 Å². The molecule has 1 N–H and O–H groups in total. The third kappa shape index (κ3) is 4.21. The number of hydrazone groups is 1. The van der Waals surface area contributed by atoms with Gasteiger partial charge in [0.05, 0.1) is 6.21 Å². The molecule has 0 heterocycles. The van der Waals surface area contributed by atoms with Gasteiger partial charge >= 0.3 is 0 Å². The first kappa shape index (κ1) is 18.0. The molecule has 0 radical (unpaired) electrons. The molecule has 1 amide bonds. The molecule has 132 valence electrons. The van der Waals surface area contributed by atoms with Gasteiger partial charge in [0.15, 0.2) is 6.61 Å². The van der Waals surface area contributed by atoms with Gasteiger partial charge in [-0.15, -0.1) is 0 Å². The number of carbonyl (C=O) groups excluding carboxylic acids is 1. The Morgan fingerprint density at radius 3 is 2.58 bits per heavy atom. The first-order chi connectivity index (χ1) is 12.5. The third-order valence-electron chi connectivity index (χ3n) is 4.00. The number of hydrogen-bond donors (Lipinski definition) is 1. The second-order valence-electron chi connectivity index (χ2n) is 6.02. The minimum atomic E-state index is -0.327. The van der Waals surface area contributed by atoms with Crippen LogP contribution in [-0.4, -0.2) is 18.7 Å². The standard InChI is InChI=1S/C21H19ClN2O2/c1-14-10-18(11-15(2)21(14)22)26-13-20(25)24-23-12-17-8-5-7-16-6-3-4-9-19(16)17/h3-12H,13H2,1-2H3,(H,24,25)/b23-12+. The number of amides is 1. The van der Waals surface area contributed by atoms with Gasteiger partial charge in [-0.05, 0) is 47.9 Å². The summed E-state index contributed by atoms with van der Waals surface area (Å²) in [5.74, 6) is 0.282. The van der Waals surface area contributed by atoms with Gasteiger partial charge in [-0.3, -0.25) is 4.79 Å². The summed E-state index contributed by atoms with van der Waals surface area (Å²) in [6.45, 7) is 3.68. The number of nitrogens with zero attached hydrogens (tertiary/aromatic N) is 1. The number of fused-ring (bicyclic) bond motifs is 1. The van der Waals surface area contributed by atoms with Crippen molar-refractivity contribution >= 4 is 34.5 Å². The molecule has 0 aliphatic rings. The van der Waals surface area contributed by atoms with Crippen molar-refractivity contribution in [3.8, 4) is 5.75 Å². The van der Waals surface area contributed by atoms with Crippen molar-refractivity contribution in [3.05, 3.63) is 76.3 Å². The Hall–Kier alpha value is -2.85. The molecule has 3 aromatic rings. The minimum Gasteiger partial charge on any atom is -0.484 e. The SMILES string of the molecule is Cc1cc(OCC(=O)N/N=C/c2cccc3ccccc23)cc(C)c1Cl. The first-order valence-corrected chi connectivity index (χ1v) is 8.61. The zero-order valence-corrected chi connectivity index (χ0v) is 15.4. The van der Waals surface area contributed by atoms with Crippen LogP contribution < -0.4 is 10.2 Å². The monoisotopic (exact) mass is 366 g/mol. The van der Waals surface area contributed by atoms with Gasteiger partial charge in [0.1, 0.15) is 5.75 Å². The number of rotatable bonds is 5. The smallest absolute Gasteiger partial charge is 0.277 e. The maximum absolute atomic E-state index is 11.9. The topological polar surface area (TPSA) is 50.7 Å². The summed E-state index contributed by atoms with van der Waals surface area (Å²) in [6, 6.07) is 17.6. The summed E-state index contributed by atoms with van der Waals surface area (Å²) in [5.41, 5.74) is 5.25. The van der Waals surface area contributed by atoms with E-state index in [1.165, 1.54) is 0 Å². The van der Waals surface area contributed by atoms with Gasteiger partial charge < -0.3 is 4.74 Å². The van der Waals surface area contributed by atoms with E-state index < -0.39 is 0 Å². The molecule has 3 aromatic carbocycles. The summed E-state index contributed by atoms with van der Waals surface area (Å²) in [5, 5.41) is 6.94. The van der Waals surface area contributed by atoms with Crippen molar-refractivity contribution in [1.82, 2.24) is 5.43 Å². The van der Waals surface area contributed by atoms with Crippen LogP contribution in [0.3, 0.4) is 0 Å². The number of ether oxygens (including phenoxy) is 1. The number of benzene rings is 3. The highest BCUT2D eigenvalue weighted by atomic mass is 35.5. The van der Waals surface area contributed by atoms with Gasteiger partial charge in [-0.1, -0.05) is 54.1 Å². The predicted molar refractivity (Wildman–Crippen MR) is 106 cm³/mol. The van der Waals surface area contributed by atoms with Gasteiger partial charge in [0.2, 0.25) is 0 Å². The molecule has 4 nitrogen and oxygen atoms in total. The van der Waals surface area contributed by atoms with Crippen LogP contribution in [0.1, 0.15) is 16.7 Å². The summed E-state index contributed by atoms with van der Waals surface area (Å²) < 4.78 is 5.51. The van der Waals surface area contributed by atoms with Crippen LogP contribution in [0.2, 0.25) is 5.02 Å². The zero-order chi connectivity index (χ0) is 18.5. The number of aryl methyl sites for hydroxylation is 2. The van der Waals surface area contributed by atoms with Gasteiger partial charge in [-0.25, -0.2) is 5.43 Å². The Kier molecular flexibility index (Phi) is 5.54. The van der Waals surface area contributed by atoms with E-state index in [9.17, 15) is 4.79 Å². The fraction of sp³-hybridized carbons (Fsp3) is 0.143. The largest absolute Gasteiger partial charge is 0.484 e. The second kappa shape index (κ2) is 8.02. The Bertz CT molecular complexity index is 954. The molecule has 0 aliphatic heterocycles. The van der Waals surface area contributed by atoms with Crippen LogP contribution in [0.4, 0.5) is 0 Å². The molecule has 0 atom stereocenters. The van der Waals surface area contributed by atoms with E-state index in [2.05, 4.69) is 10.5 Å². The van der Waals surface area contributed by atoms with Gasteiger partial charge in [0.25, 0.3) is 5.91 Å². The maximum atomic E-state index is 11.9. The summed E-state index contributed by atoms with van der Waals surface area (Å²) >= 11 is 6.13. The highest BCUT2D eigenvalue weighted by Crippen LogP contribution is 2.25. The summed E-state index contributed by atoms with van der Waals surface area (Å²) in [4.78, 5) is 11.9. The van der Waals surface area contributed by atoms with E-state index in [1.807, 2.05) is 68.4 Å². The lowest BCUT2D eigenvalue weighted by atomic mass is 10.1. The fourth-order valence-corrected chi connectivity index (χ4v) is 2.82. The minimum absolute atomic E-state index is 0.118. The molecule has 0 fully saturated rings. The maximum Gasteiger partial charge on any atom is 0.277 e. The van der Waals surface area contributed by atoms with Gasteiger partial charge in [-0.2, -0.15) is 5.10 Å². The Balaban J connectivity index is 1.59. The summed E-state index contributed by atoms with van der Waals surface area (Å²) in [7, 11) is 0. The molecular formula is C21H19ClN2O2. The van der Waals surface area contributed by atoms with E-state index in [0.29, 0.717) is 10.8 Å². The average Bonchev–Trinajstić information content (AvgIpc) is 2.64. The highest BCUT2D eigenvalue weighted by molar-refractivity contribution is 6.32. The van der Waals surface area contributed by atoms with Crippen LogP contribution in [0.25, 0.3) is 10.8 Å². The van der Waals surface area contributed by atoms with E-state index in [4.69, 9.17) is 16.3 Å². The normalized spacial score (nSPS) is 11.0. The lowest BCUT2D eigenvalue weighted by Gasteiger charge is -2.09. The van der Waals surface area contributed by atoms with Crippen LogP contribution in [-0.2, 0) is 4.79 Å². The quantitative estimate of drug-likeness (QED) is 0.528. The summed E-state index contributed by atoms with van der Waals surface area (Å²) in [6.07, 6.45) is 1.64. The molecule has 3 rings (SSSR count). The van der Waals surface area contributed by atoms with Crippen molar-refractivity contribution < 1.29 is 9.53 Å². The Labute approximate surface area is 157 Å². The number of nitrogens with one attached hydrogen (secondary N) is 1. The molecular weight excluding hydrogens is 348 g/mol. The molecule has 0 bridgehead atoms. The molecule has 0 aliphatic carbocycles. The first-order valence-electron chi connectivity index (χ1n) is 8.24. The number of carbonyl (C=O) groups is 1. The van der Waals surface area contributed by atoms with Crippen molar-refractivity contribution in [2.24, 2.45) is 5.10 Å². The van der Waals surface area contributed by atoms with Crippen LogP contribution >= 0.6 is 11.6 Å². The van der Waals surface area contributed by atoms with E-state index in [1.54, 1.807) is 6.21 Å². The van der Waals surface area contributed by atoms with Crippen molar-refractivity contribution in [2.75, 3.05) is 6.61 Å². The average molecular weight is 367 g/mol. The Morgan fingerprint density at radius 2 is 1.81 bits per heavy atom. The number of halogens is 1. The van der Waals surface area contributed by atoms with E-state index >= 15 is 0 Å². The molecule has 0 unspecified atom stereocenters. The molecule has 0 aromatic heterocycles. The van der Waals surface area contributed by atoms with Gasteiger partial charge in [0, 0.05) is 10.6 Å². The van der Waals surface area contributed by atoms with E-state index in [-0.39, 0.29) is 12.5 Å². The van der Waals surface area contributed by atoms with Crippen LogP contribution in [0.5, 0.6) is 5.75 Å². The second-order valence-corrected chi connectivity index (χ2v) is 6.40. The molecule has 0 saturated heterocycles. The van der Waals surface area contributed by atoms with Crippen molar-refractivity contribution in [3.63, 3.8) is 0 Å². The Morgan fingerprint density at radius 1 is 1.12 bits per heavy atom. The predicted octanol–water partition coefficient (Wildman–Crippen LogP) is 4.64. The highest BCUT2D eigenvalue weighted by Gasteiger charge is 2.06. The van der Waals surface area contributed by atoms with Crippen molar-refractivity contribution in [1.29, 1.82) is 0 Å². The zero-order valence-electron chi connectivity index (χ0n) is 14.6. The van der Waals surface area contributed by atoms with Crippen LogP contribution in [0, 0.1) is 13.8 Å². The molecule has 5 heteroatoms.